The van der Waals surface area contributed by atoms with Gasteiger partial charge in [0.2, 0.25) is 0 Å². The van der Waals surface area contributed by atoms with E-state index in [2.05, 4.69) is 45.7 Å². The van der Waals surface area contributed by atoms with Crippen LogP contribution in [0.15, 0.2) is 27.6 Å². The Morgan fingerprint density at radius 1 is 1.46 bits per heavy atom. The van der Waals surface area contributed by atoms with Crippen molar-refractivity contribution in [3.8, 4) is 0 Å². The summed E-state index contributed by atoms with van der Waals surface area (Å²) in [5, 5.41) is 3.16. The van der Waals surface area contributed by atoms with Crippen LogP contribution in [0.25, 0.3) is 0 Å². The number of nitrogens with one attached hydrogen (secondary N) is 1. The topological polar surface area (TPSA) is 12.0 Å². The summed E-state index contributed by atoms with van der Waals surface area (Å²) in [5.74, 6) is 0. The third-order valence-electron chi connectivity index (χ3n) is 1.92. The maximum Gasteiger partial charge on any atom is 0.0218 e. The fourth-order valence-electron chi connectivity index (χ4n) is 1.22. The Morgan fingerprint density at radius 2 is 2.23 bits per heavy atom. The molecule has 1 nitrogen and oxygen atoms in total. The van der Waals surface area contributed by atoms with Gasteiger partial charge in [-0.2, -0.15) is 0 Å². The molecular weight excluding hydrogens is 246 g/mol. The molecule has 0 radical (unpaired) electrons. The summed E-state index contributed by atoms with van der Waals surface area (Å²) < 4.78 is 1.22. The monoisotopic (exact) mass is 259 g/mol. The Hall–Kier alpha value is 0.01000. The zero-order chi connectivity index (χ0) is 9.68. The van der Waals surface area contributed by atoms with Crippen molar-refractivity contribution >= 4 is 27.7 Å². The van der Waals surface area contributed by atoms with Gasteiger partial charge in [-0.25, -0.2) is 0 Å². The molecule has 0 saturated carbocycles. The Labute approximate surface area is 92.4 Å². The minimum absolute atomic E-state index is 1.02. The normalized spacial score (nSPS) is 10.4. The quantitative estimate of drug-likeness (QED) is 0.835. The van der Waals surface area contributed by atoms with E-state index in [1.807, 2.05) is 7.05 Å². The number of thioether (sulfide) groups is 1. The zero-order valence-electron chi connectivity index (χ0n) is 7.93. The molecule has 0 amide bonds. The van der Waals surface area contributed by atoms with Gasteiger partial charge in [0.05, 0.1) is 0 Å². The Bertz CT molecular complexity index is 276. The molecule has 1 N–H and O–H groups in total. The molecule has 0 aromatic heterocycles. The highest BCUT2D eigenvalue weighted by molar-refractivity contribution is 9.10. The van der Waals surface area contributed by atoms with Crippen molar-refractivity contribution in [1.29, 1.82) is 0 Å². The smallest absolute Gasteiger partial charge is 0.0218 e. The lowest BCUT2D eigenvalue weighted by Gasteiger charge is -2.08. The predicted molar refractivity (Wildman–Crippen MR) is 63.6 cm³/mol. The lowest BCUT2D eigenvalue weighted by molar-refractivity contribution is 0.781. The number of benzene rings is 1. The molecule has 0 bridgehead atoms. The molecule has 1 aromatic rings. The summed E-state index contributed by atoms with van der Waals surface area (Å²) in [6, 6.07) is 6.35. The minimum Gasteiger partial charge on any atom is -0.319 e. The molecule has 0 aliphatic carbocycles. The van der Waals surface area contributed by atoms with Gasteiger partial charge in [-0.05, 0) is 44.0 Å². The second kappa shape index (κ2) is 5.68. The molecule has 1 aromatic carbocycles. The summed E-state index contributed by atoms with van der Waals surface area (Å²) >= 11 is 5.38. The van der Waals surface area contributed by atoms with Gasteiger partial charge in [-0.3, -0.25) is 0 Å². The van der Waals surface area contributed by atoms with E-state index in [-0.39, 0.29) is 0 Å². The van der Waals surface area contributed by atoms with Crippen LogP contribution in [-0.4, -0.2) is 19.8 Å². The van der Waals surface area contributed by atoms with Gasteiger partial charge in [0.1, 0.15) is 0 Å². The standard InChI is InChI=1S/C10H14BrNS/c1-12-7-6-8-9(11)4-3-5-10(8)13-2/h3-5,12H,6-7H2,1-2H3. The third-order valence-corrected chi connectivity index (χ3v) is 3.49. The minimum atomic E-state index is 1.02. The first-order chi connectivity index (χ1) is 6.29. The molecule has 0 atom stereocenters. The lowest BCUT2D eigenvalue weighted by Crippen LogP contribution is -2.11. The van der Waals surface area contributed by atoms with E-state index in [1.54, 1.807) is 11.8 Å². The van der Waals surface area contributed by atoms with Crippen LogP contribution in [0.3, 0.4) is 0 Å². The van der Waals surface area contributed by atoms with Crippen LogP contribution in [0.4, 0.5) is 0 Å². The van der Waals surface area contributed by atoms with E-state index in [9.17, 15) is 0 Å². The van der Waals surface area contributed by atoms with Gasteiger partial charge in [-0.1, -0.05) is 22.0 Å². The molecule has 0 aliphatic rings. The first-order valence-corrected chi connectivity index (χ1v) is 6.27. The van der Waals surface area contributed by atoms with Gasteiger partial charge in [0, 0.05) is 9.37 Å². The summed E-state index contributed by atoms with van der Waals surface area (Å²) in [5.41, 5.74) is 1.41. The number of rotatable bonds is 4. The van der Waals surface area contributed by atoms with Gasteiger partial charge in [-0.15, -0.1) is 11.8 Å². The Morgan fingerprint density at radius 3 is 2.85 bits per heavy atom. The predicted octanol–water partition coefficient (Wildman–Crippen LogP) is 2.93. The number of hydrogen-bond acceptors (Lipinski definition) is 2. The number of hydrogen-bond donors (Lipinski definition) is 1. The van der Waals surface area contributed by atoms with Gasteiger partial charge in [0.15, 0.2) is 0 Å². The summed E-state index contributed by atoms with van der Waals surface area (Å²) in [7, 11) is 1.98. The van der Waals surface area contributed by atoms with Crippen LogP contribution in [0.5, 0.6) is 0 Å². The largest absolute Gasteiger partial charge is 0.319 e. The SMILES string of the molecule is CNCCc1c(Br)cccc1SC. The van der Waals surface area contributed by atoms with E-state index in [0.717, 1.165) is 13.0 Å². The van der Waals surface area contributed by atoms with Crippen molar-refractivity contribution < 1.29 is 0 Å². The Balaban J connectivity index is 2.87. The molecule has 0 saturated heterocycles. The van der Waals surface area contributed by atoms with Crippen molar-refractivity contribution in [2.45, 2.75) is 11.3 Å². The molecular formula is C10H14BrNS. The highest BCUT2D eigenvalue weighted by Gasteiger charge is 2.04. The molecule has 1 rings (SSSR count). The molecule has 3 heteroatoms. The van der Waals surface area contributed by atoms with Crippen molar-refractivity contribution in [3.05, 3.63) is 28.2 Å². The van der Waals surface area contributed by atoms with E-state index in [4.69, 9.17) is 0 Å². The first kappa shape index (κ1) is 11.1. The van der Waals surface area contributed by atoms with E-state index >= 15 is 0 Å². The van der Waals surface area contributed by atoms with Crippen molar-refractivity contribution in [1.82, 2.24) is 5.32 Å². The molecule has 0 aliphatic heterocycles. The highest BCUT2D eigenvalue weighted by Crippen LogP contribution is 2.27. The third kappa shape index (κ3) is 3.01. The molecule has 72 valence electrons. The molecule has 0 unspecified atom stereocenters. The summed E-state index contributed by atoms with van der Waals surface area (Å²) in [4.78, 5) is 1.37. The van der Waals surface area contributed by atoms with Crippen molar-refractivity contribution in [2.75, 3.05) is 19.8 Å². The van der Waals surface area contributed by atoms with Crippen LogP contribution in [0, 0.1) is 0 Å². The van der Waals surface area contributed by atoms with Gasteiger partial charge < -0.3 is 5.32 Å². The molecule has 0 fully saturated rings. The van der Waals surface area contributed by atoms with E-state index < -0.39 is 0 Å². The van der Waals surface area contributed by atoms with Crippen molar-refractivity contribution in [2.24, 2.45) is 0 Å². The van der Waals surface area contributed by atoms with E-state index in [1.165, 1.54) is 14.9 Å². The average Bonchev–Trinajstić information content (AvgIpc) is 2.15. The maximum absolute atomic E-state index is 3.58. The number of halogens is 1. The highest BCUT2D eigenvalue weighted by atomic mass is 79.9. The van der Waals surface area contributed by atoms with Crippen LogP contribution >= 0.6 is 27.7 Å². The van der Waals surface area contributed by atoms with Crippen LogP contribution < -0.4 is 5.32 Å². The van der Waals surface area contributed by atoms with Crippen LogP contribution in [0.1, 0.15) is 5.56 Å². The number of likely N-dealkylation sites (N-methyl/N-ethyl adjacent to an activating group) is 1. The molecule has 13 heavy (non-hydrogen) atoms. The van der Waals surface area contributed by atoms with Crippen LogP contribution in [0.2, 0.25) is 0 Å². The fraction of sp³-hybridized carbons (Fsp3) is 0.400. The lowest BCUT2D eigenvalue weighted by atomic mass is 10.1. The fourth-order valence-corrected chi connectivity index (χ4v) is 2.59. The average molecular weight is 260 g/mol. The van der Waals surface area contributed by atoms with Gasteiger partial charge >= 0.3 is 0 Å². The maximum atomic E-state index is 3.58. The van der Waals surface area contributed by atoms with E-state index in [0.29, 0.717) is 0 Å². The van der Waals surface area contributed by atoms with Crippen molar-refractivity contribution in [3.63, 3.8) is 0 Å². The zero-order valence-corrected chi connectivity index (χ0v) is 10.3. The molecule has 0 spiro atoms. The second-order valence-corrected chi connectivity index (χ2v) is 4.48. The van der Waals surface area contributed by atoms with Crippen LogP contribution in [-0.2, 0) is 6.42 Å². The molecule has 0 heterocycles. The van der Waals surface area contributed by atoms with Gasteiger partial charge in [0.25, 0.3) is 0 Å². The first-order valence-electron chi connectivity index (χ1n) is 4.25. The summed E-state index contributed by atoms with van der Waals surface area (Å²) in [6.45, 7) is 1.02. The second-order valence-electron chi connectivity index (χ2n) is 2.77. The Kier molecular flexibility index (Phi) is 4.84. The summed E-state index contributed by atoms with van der Waals surface area (Å²) in [6.07, 6.45) is 3.19.